The van der Waals surface area contributed by atoms with Gasteiger partial charge in [0, 0.05) is 17.1 Å². The second-order valence-electron chi connectivity index (χ2n) is 6.15. The Labute approximate surface area is 179 Å². The summed E-state index contributed by atoms with van der Waals surface area (Å²) < 4.78 is 16.4. The van der Waals surface area contributed by atoms with Gasteiger partial charge in [0.2, 0.25) is 11.8 Å². The van der Waals surface area contributed by atoms with Crippen molar-refractivity contribution in [1.29, 1.82) is 0 Å². The highest BCUT2D eigenvalue weighted by Gasteiger charge is 2.15. The number of aromatic nitrogens is 3. The lowest BCUT2D eigenvalue weighted by Gasteiger charge is -2.19. The molecule has 0 unspecified atom stereocenters. The zero-order chi connectivity index (χ0) is 20.9. The number of fused-ring (bicyclic) bond motifs is 1. The normalized spacial score (nSPS) is 12.4. The van der Waals surface area contributed by atoms with Crippen LogP contribution in [0.15, 0.2) is 33.2 Å². The first-order valence-corrected chi connectivity index (χ1v) is 10.8. The van der Waals surface area contributed by atoms with Gasteiger partial charge in [-0.2, -0.15) is 0 Å². The molecule has 0 atom stereocenters. The van der Waals surface area contributed by atoms with Crippen LogP contribution in [0.1, 0.15) is 16.6 Å². The van der Waals surface area contributed by atoms with Crippen molar-refractivity contribution in [1.82, 2.24) is 20.5 Å². The van der Waals surface area contributed by atoms with Crippen molar-refractivity contribution in [3.05, 3.63) is 40.2 Å². The molecule has 0 bridgehead atoms. The maximum Gasteiger partial charge on any atom is 0.325 e. The van der Waals surface area contributed by atoms with Gasteiger partial charge in [0.05, 0.1) is 22.9 Å². The first-order valence-electron chi connectivity index (χ1n) is 8.92. The molecule has 0 radical (unpaired) electrons. The number of amides is 3. The molecule has 3 heterocycles. The summed E-state index contributed by atoms with van der Waals surface area (Å²) in [6.07, 6.45) is 0.433. The molecule has 3 aromatic rings. The highest BCUT2D eigenvalue weighted by atomic mass is 32.2. The number of urea groups is 1. The van der Waals surface area contributed by atoms with Crippen LogP contribution in [-0.2, 0) is 11.2 Å². The number of thioether (sulfide) groups is 1. The zero-order valence-electron chi connectivity index (χ0n) is 15.8. The van der Waals surface area contributed by atoms with Crippen molar-refractivity contribution in [2.45, 2.75) is 18.6 Å². The molecule has 1 aliphatic heterocycles. The number of nitrogens with one attached hydrogen (secondary N) is 2. The number of imide groups is 1. The van der Waals surface area contributed by atoms with Crippen LogP contribution in [0.4, 0.5) is 10.5 Å². The average Bonchev–Trinajstić information content (AvgIpc) is 3.35. The summed E-state index contributed by atoms with van der Waals surface area (Å²) >= 11 is 2.59. The number of benzene rings is 1. The molecule has 2 aromatic heterocycles. The zero-order valence-corrected chi connectivity index (χ0v) is 17.5. The number of rotatable bonds is 6. The topological polar surface area (TPSA) is 128 Å². The van der Waals surface area contributed by atoms with Gasteiger partial charge in [0.15, 0.2) is 11.5 Å². The molecule has 4 rings (SSSR count). The maximum absolute atomic E-state index is 12.0. The molecule has 0 spiro atoms. The molecule has 3 amide bonds. The van der Waals surface area contributed by atoms with Crippen molar-refractivity contribution in [2.24, 2.45) is 0 Å². The summed E-state index contributed by atoms with van der Waals surface area (Å²) in [6, 6.07) is 4.34. The van der Waals surface area contributed by atoms with E-state index in [0.29, 0.717) is 42.7 Å². The second-order valence-corrected chi connectivity index (χ2v) is 8.13. The van der Waals surface area contributed by atoms with E-state index in [1.807, 2.05) is 12.3 Å². The summed E-state index contributed by atoms with van der Waals surface area (Å²) in [4.78, 5) is 28.4. The smallest absolute Gasteiger partial charge is 0.325 e. The minimum absolute atomic E-state index is 0.0496. The summed E-state index contributed by atoms with van der Waals surface area (Å²) in [7, 11) is 0. The lowest BCUT2D eigenvalue weighted by atomic mass is 10.2. The van der Waals surface area contributed by atoms with Gasteiger partial charge < -0.3 is 19.2 Å². The number of aryl methyl sites for hydroxylation is 1. The van der Waals surface area contributed by atoms with Gasteiger partial charge in [-0.1, -0.05) is 11.8 Å². The highest BCUT2D eigenvalue weighted by Crippen LogP contribution is 2.32. The third-order valence-corrected chi connectivity index (χ3v) is 5.47. The van der Waals surface area contributed by atoms with Crippen LogP contribution in [0.5, 0.6) is 11.5 Å². The molecule has 30 heavy (non-hydrogen) atoms. The first kappa shape index (κ1) is 20.2. The lowest BCUT2D eigenvalue weighted by molar-refractivity contribution is -0.117. The minimum atomic E-state index is -0.651. The average molecular weight is 447 g/mol. The summed E-state index contributed by atoms with van der Waals surface area (Å²) in [6.45, 7) is 2.85. The van der Waals surface area contributed by atoms with Gasteiger partial charge >= 0.3 is 6.03 Å². The Morgan fingerprint density at radius 1 is 1.20 bits per heavy atom. The predicted octanol–water partition coefficient (Wildman–Crippen LogP) is 2.64. The molecule has 0 aliphatic carbocycles. The molecule has 2 N–H and O–H groups in total. The van der Waals surface area contributed by atoms with Crippen LogP contribution >= 0.6 is 23.1 Å². The number of hydrogen-bond donors (Lipinski definition) is 2. The van der Waals surface area contributed by atoms with E-state index in [0.717, 1.165) is 22.5 Å². The third kappa shape index (κ3) is 5.27. The van der Waals surface area contributed by atoms with E-state index in [1.165, 1.54) is 0 Å². The van der Waals surface area contributed by atoms with Crippen LogP contribution in [0, 0.1) is 6.92 Å². The van der Waals surface area contributed by atoms with Gasteiger partial charge in [-0.15, -0.1) is 21.5 Å². The van der Waals surface area contributed by atoms with E-state index in [1.54, 1.807) is 29.5 Å². The van der Waals surface area contributed by atoms with E-state index in [4.69, 9.17) is 13.9 Å². The maximum atomic E-state index is 12.0. The van der Waals surface area contributed by atoms with Crippen LogP contribution in [0.2, 0.25) is 0 Å². The Bertz CT molecular complexity index is 1070. The number of thiazole rings is 1. The molecule has 10 nitrogen and oxygen atoms in total. The van der Waals surface area contributed by atoms with E-state index in [9.17, 15) is 9.59 Å². The van der Waals surface area contributed by atoms with Gasteiger partial charge in [-0.25, -0.2) is 9.78 Å². The van der Waals surface area contributed by atoms with Crippen molar-refractivity contribution in [3.63, 3.8) is 0 Å². The Morgan fingerprint density at radius 3 is 2.83 bits per heavy atom. The largest absolute Gasteiger partial charge is 0.486 e. The first-order chi connectivity index (χ1) is 14.5. The van der Waals surface area contributed by atoms with Gasteiger partial charge in [-0.05, 0) is 19.1 Å². The molecule has 1 aliphatic rings. The van der Waals surface area contributed by atoms with Crippen molar-refractivity contribution >= 4 is 40.7 Å². The summed E-state index contributed by atoms with van der Waals surface area (Å²) in [5.74, 6) is 1.03. The molecule has 0 saturated heterocycles. The predicted molar refractivity (Wildman–Crippen MR) is 109 cm³/mol. The molecule has 12 heteroatoms. The van der Waals surface area contributed by atoms with E-state index in [2.05, 4.69) is 25.8 Å². The molecule has 0 fully saturated rings. The van der Waals surface area contributed by atoms with E-state index >= 15 is 0 Å². The molecule has 156 valence electrons. The van der Waals surface area contributed by atoms with Crippen molar-refractivity contribution in [3.8, 4) is 11.5 Å². The Balaban J connectivity index is 1.23. The molecular weight excluding hydrogens is 430 g/mol. The molecule has 1 aromatic carbocycles. The van der Waals surface area contributed by atoms with Crippen LogP contribution in [-0.4, -0.2) is 46.1 Å². The van der Waals surface area contributed by atoms with Gasteiger partial charge in [0.1, 0.15) is 13.2 Å². The van der Waals surface area contributed by atoms with Crippen LogP contribution in [0.3, 0.4) is 0 Å². The molecule has 0 saturated carbocycles. The summed E-state index contributed by atoms with van der Waals surface area (Å²) in [5.41, 5.74) is 1.34. The number of carbonyl (C=O) groups excluding carboxylic acids is 2. The number of nitrogens with zero attached hydrogens (tertiary/aromatic N) is 3. The fourth-order valence-corrected chi connectivity index (χ4v) is 3.78. The fourth-order valence-electron chi connectivity index (χ4n) is 2.59. The van der Waals surface area contributed by atoms with Crippen molar-refractivity contribution < 1.29 is 23.5 Å². The quantitative estimate of drug-likeness (QED) is 0.548. The Hall–Kier alpha value is -3.12. The van der Waals surface area contributed by atoms with Crippen molar-refractivity contribution in [2.75, 3.05) is 24.3 Å². The number of anilines is 1. The standard InChI is InChI=1S/C18H17N5O5S2/c1-10-19-12(8-29-10)7-16-22-23-18(28-16)30-9-15(24)21-17(25)20-11-2-3-13-14(6-11)27-5-4-26-13/h2-3,6,8H,4-5,7,9H2,1H3,(H2,20,21,24,25). The lowest BCUT2D eigenvalue weighted by Crippen LogP contribution is -2.35. The van der Waals surface area contributed by atoms with Gasteiger partial charge in [0.25, 0.3) is 5.22 Å². The number of carbonyl (C=O) groups is 2. The molecular formula is C18H17N5O5S2. The van der Waals surface area contributed by atoms with E-state index in [-0.39, 0.29) is 11.0 Å². The van der Waals surface area contributed by atoms with E-state index < -0.39 is 11.9 Å². The van der Waals surface area contributed by atoms with Crippen LogP contribution < -0.4 is 20.1 Å². The minimum Gasteiger partial charge on any atom is -0.486 e. The fraction of sp³-hybridized carbons (Fsp3) is 0.278. The van der Waals surface area contributed by atoms with Crippen LogP contribution in [0.25, 0.3) is 0 Å². The Morgan fingerprint density at radius 2 is 2.03 bits per heavy atom. The Kier molecular flexibility index (Phi) is 6.14. The highest BCUT2D eigenvalue weighted by molar-refractivity contribution is 7.99. The monoisotopic (exact) mass is 447 g/mol. The number of ether oxygens (including phenoxy) is 2. The summed E-state index contributed by atoms with van der Waals surface area (Å²) in [5, 5.41) is 15.8. The van der Waals surface area contributed by atoms with Gasteiger partial charge in [-0.3, -0.25) is 10.1 Å². The third-order valence-electron chi connectivity index (χ3n) is 3.83. The second kappa shape index (κ2) is 9.13. The SMILES string of the molecule is Cc1nc(Cc2nnc(SCC(=O)NC(=O)Nc3ccc4c(c3)OCCO4)o2)cs1. The number of hydrogen-bond acceptors (Lipinski definition) is 10.